The lowest BCUT2D eigenvalue weighted by atomic mass is 10.2. The van der Waals surface area contributed by atoms with Gasteiger partial charge in [-0.15, -0.1) is 10.2 Å². The molecule has 5 nitrogen and oxygen atoms in total. The van der Waals surface area contributed by atoms with Crippen molar-refractivity contribution in [2.75, 3.05) is 0 Å². The molecular weight excluding hydrogens is 373 g/mol. The van der Waals surface area contributed by atoms with E-state index in [2.05, 4.69) is 26.1 Å². The minimum absolute atomic E-state index is 0.135. The molecule has 0 unspecified atom stereocenters. The maximum atomic E-state index is 14.0. The molecule has 2 aromatic rings. The summed E-state index contributed by atoms with van der Waals surface area (Å²) < 4.78 is 38.7. The van der Waals surface area contributed by atoms with Crippen LogP contribution in [0.2, 0.25) is 0 Å². The Labute approximate surface area is 128 Å². The van der Waals surface area contributed by atoms with E-state index in [0.29, 0.717) is 17.4 Å². The van der Waals surface area contributed by atoms with Crippen molar-refractivity contribution in [1.29, 1.82) is 0 Å². The standard InChI is InChI=1S/C11H10BrClFN3O2S/c1-2-5-17-10(15-16-11(17)20(13,18)19)8-4-3-7(12)6-9(8)14/h3-4,6H,2,5H2,1H3. The van der Waals surface area contributed by atoms with Crippen molar-refractivity contribution in [2.24, 2.45) is 0 Å². The van der Waals surface area contributed by atoms with Crippen LogP contribution in [0.25, 0.3) is 11.4 Å². The molecule has 108 valence electrons. The Morgan fingerprint density at radius 3 is 2.65 bits per heavy atom. The maximum absolute atomic E-state index is 14.0. The zero-order chi connectivity index (χ0) is 14.9. The highest BCUT2D eigenvalue weighted by Gasteiger charge is 2.24. The van der Waals surface area contributed by atoms with Crippen molar-refractivity contribution in [1.82, 2.24) is 14.8 Å². The van der Waals surface area contributed by atoms with Gasteiger partial charge in [-0.2, -0.15) is 0 Å². The lowest BCUT2D eigenvalue weighted by molar-refractivity contribution is 0.568. The van der Waals surface area contributed by atoms with E-state index in [1.165, 1.54) is 16.7 Å². The largest absolute Gasteiger partial charge is 0.297 e. The number of benzene rings is 1. The summed E-state index contributed by atoms with van der Waals surface area (Å²) in [6.07, 6.45) is 0.628. The van der Waals surface area contributed by atoms with E-state index in [0.717, 1.165) is 0 Å². The summed E-state index contributed by atoms with van der Waals surface area (Å²) >= 11 is 3.16. The van der Waals surface area contributed by atoms with E-state index < -0.39 is 14.9 Å². The van der Waals surface area contributed by atoms with Gasteiger partial charge in [0.25, 0.3) is 14.2 Å². The highest BCUT2D eigenvalue weighted by atomic mass is 79.9. The Bertz CT molecular complexity index is 748. The van der Waals surface area contributed by atoms with Crippen LogP contribution in [-0.2, 0) is 15.6 Å². The van der Waals surface area contributed by atoms with Crippen LogP contribution in [0, 0.1) is 5.82 Å². The van der Waals surface area contributed by atoms with E-state index in [1.54, 1.807) is 6.07 Å². The molecular formula is C11H10BrClFN3O2S. The van der Waals surface area contributed by atoms with Gasteiger partial charge >= 0.3 is 0 Å². The lowest BCUT2D eigenvalue weighted by Crippen LogP contribution is -2.08. The SMILES string of the molecule is CCCn1c(-c2ccc(Br)cc2F)nnc1S(=O)(=O)Cl. The molecule has 1 aromatic heterocycles. The van der Waals surface area contributed by atoms with Crippen LogP contribution in [0.4, 0.5) is 4.39 Å². The molecule has 20 heavy (non-hydrogen) atoms. The number of hydrogen-bond donors (Lipinski definition) is 0. The molecule has 0 N–H and O–H groups in total. The Kier molecular flexibility index (Phi) is 4.46. The number of rotatable bonds is 4. The Morgan fingerprint density at radius 2 is 2.10 bits per heavy atom. The first-order valence-corrected chi connectivity index (χ1v) is 8.78. The molecule has 0 saturated carbocycles. The second-order valence-electron chi connectivity index (χ2n) is 4.02. The van der Waals surface area contributed by atoms with Crippen molar-refractivity contribution in [3.05, 3.63) is 28.5 Å². The van der Waals surface area contributed by atoms with Crippen molar-refractivity contribution in [3.8, 4) is 11.4 Å². The number of nitrogens with zero attached hydrogens (tertiary/aromatic N) is 3. The fourth-order valence-corrected chi connectivity index (χ4v) is 3.02. The molecule has 0 saturated heterocycles. The normalized spacial score (nSPS) is 11.8. The summed E-state index contributed by atoms with van der Waals surface area (Å²) in [4.78, 5) is 0. The molecule has 1 heterocycles. The maximum Gasteiger partial charge on any atom is 0.296 e. The van der Waals surface area contributed by atoms with E-state index in [-0.39, 0.29) is 16.5 Å². The third kappa shape index (κ3) is 3.02. The van der Waals surface area contributed by atoms with E-state index in [4.69, 9.17) is 10.7 Å². The first-order valence-electron chi connectivity index (χ1n) is 5.68. The summed E-state index contributed by atoms with van der Waals surface area (Å²) in [6.45, 7) is 2.17. The van der Waals surface area contributed by atoms with Crippen LogP contribution in [0.15, 0.2) is 27.8 Å². The average Bonchev–Trinajstić information content (AvgIpc) is 2.73. The summed E-state index contributed by atoms with van der Waals surface area (Å²) in [5.41, 5.74) is 0.167. The Balaban J connectivity index is 2.66. The highest BCUT2D eigenvalue weighted by Crippen LogP contribution is 2.27. The first kappa shape index (κ1) is 15.4. The lowest BCUT2D eigenvalue weighted by Gasteiger charge is -2.08. The number of halogens is 3. The summed E-state index contributed by atoms with van der Waals surface area (Å²) in [6, 6.07) is 4.41. The third-order valence-corrected chi connectivity index (χ3v) is 4.20. The van der Waals surface area contributed by atoms with Crippen molar-refractivity contribution in [2.45, 2.75) is 25.0 Å². The third-order valence-electron chi connectivity index (χ3n) is 2.55. The molecule has 0 atom stereocenters. The van der Waals surface area contributed by atoms with Gasteiger partial charge in [0, 0.05) is 21.7 Å². The van der Waals surface area contributed by atoms with Crippen molar-refractivity contribution >= 4 is 35.7 Å². The smallest absolute Gasteiger partial charge is 0.296 e. The van der Waals surface area contributed by atoms with Gasteiger partial charge in [0.15, 0.2) is 5.82 Å². The predicted octanol–water partition coefficient (Wildman–Crippen LogP) is 3.18. The van der Waals surface area contributed by atoms with Crippen LogP contribution in [0.3, 0.4) is 0 Å². The quantitative estimate of drug-likeness (QED) is 0.762. The molecule has 0 fully saturated rings. The minimum Gasteiger partial charge on any atom is -0.297 e. The molecule has 0 amide bonds. The predicted molar refractivity (Wildman–Crippen MR) is 76.4 cm³/mol. The second-order valence-corrected chi connectivity index (χ2v) is 7.40. The Hall–Kier alpha value is -0.990. The second kappa shape index (κ2) is 5.79. The van der Waals surface area contributed by atoms with Crippen LogP contribution >= 0.6 is 26.6 Å². The number of hydrogen-bond acceptors (Lipinski definition) is 4. The first-order chi connectivity index (χ1) is 9.34. The molecule has 1 aromatic carbocycles. The molecule has 2 rings (SSSR count). The average molecular weight is 383 g/mol. The van der Waals surface area contributed by atoms with Gasteiger partial charge in [0.1, 0.15) is 5.82 Å². The van der Waals surface area contributed by atoms with Gasteiger partial charge in [0.05, 0.1) is 5.56 Å². The molecule has 0 aliphatic rings. The van der Waals surface area contributed by atoms with Gasteiger partial charge in [-0.1, -0.05) is 22.9 Å². The fraction of sp³-hybridized carbons (Fsp3) is 0.273. The van der Waals surface area contributed by atoms with Crippen LogP contribution < -0.4 is 0 Å². The molecule has 0 bridgehead atoms. The van der Waals surface area contributed by atoms with Crippen LogP contribution in [0.5, 0.6) is 0 Å². The van der Waals surface area contributed by atoms with Crippen LogP contribution in [0.1, 0.15) is 13.3 Å². The Morgan fingerprint density at radius 1 is 1.40 bits per heavy atom. The highest BCUT2D eigenvalue weighted by molar-refractivity contribution is 9.10. The minimum atomic E-state index is -4.03. The van der Waals surface area contributed by atoms with Gasteiger partial charge in [-0.3, -0.25) is 4.57 Å². The zero-order valence-corrected chi connectivity index (χ0v) is 13.5. The van der Waals surface area contributed by atoms with Gasteiger partial charge < -0.3 is 0 Å². The topological polar surface area (TPSA) is 64.8 Å². The van der Waals surface area contributed by atoms with E-state index in [9.17, 15) is 12.8 Å². The fourth-order valence-electron chi connectivity index (χ4n) is 1.76. The van der Waals surface area contributed by atoms with Gasteiger partial charge in [-0.25, -0.2) is 12.8 Å². The monoisotopic (exact) mass is 381 g/mol. The molecule has 0 radical (unpaired) electrons. The summed E-state index contributed by atoms with van der Waals surface area (Å²) in [5.74, 6) is -0.390. The van der Waals surface area contributed by atoms with Crippen LogP contribution in [-0.4, -0.2) is 23.2 Å². The van der Waals surface area contributed by atoms with E-state index in [1.807, 2.05) is 6.92 Å². The molecule has 0 aliphatic heterocycles. The molecule has 0 aliphatic carbocycles. The van der Waals surface area contributed by atoms with Gasteiger partial charge in [0.2, 0.25) is 0 Å². The number of aromatic nitrogens is 3. The molecule has 9 heteroatoms. The molecule has 0 spiro atoms. The zero-order valence-electron chi connectivity index (χ0n) is 10.3. The van der Waals surface area contributed by atoms with Crippen molar-refractivity contribution < 1.29 is 12.8 Å². The van der Waals surface area contributed by atoms with Crippen molar-refractivity contribution in [3.63, 3.8) is 0 Å². The summed E-state index contributed by atoms with van der Waals surface area (Å²) in [7, 11) is 1.28. The van der Waals surface area contributed by atoms with Gasteiger partial charge in [-0.05, 0) is 24.6 Å². The van der Waals surface area contributed by atoms with E-state index >= 15 is 0 Å². The summed E-state index contributed by atoms with van der Waals surface area (Å²) in [5, 5.41) is 6.94.